The molecule has 2 aromatic heterocycles. The van der Waals surface area contributed by atoms with E-state index in [1.807, 2.05) is 17.0 Å². The monoisotopic (exact) mass is 397 g/mol. The van der Waals surface area contributed by atoms with E-state index in [-0.39, 0.29) is 23.5 Å². The number of likely N-dealkylation sites (tertiary alicyclic amines) is 1. The Labute approximate surface area is 166 Å². The van der Waals surface area contributed by atoms with Gasteiger partial charge in [-0.2, -0.15) is 5.10 Å². The number of aryl methyl sites for hydroxylation is 1. The number of carbonyl (C=O) groups excluding carboxylic acids is 2. The van der Waals surface area contributed by atoms with Gasteiger partial charge >= 0.3 is 0 Å². The van der Waals surface area contributed by atoms with Gasteiger partial charge in [-0.25, -0.2) is 4.39 Å². The molecule has 3 heterocycles. The summed E-state index contributed by atoms with van der Waals surface area (Å²) in [5.74, 6) is -0.314. The molecule has 7 heteroatoms. The fraction of sp³-hybridized carbons (Fsp3) is 0.286. The highest BCUT2D eigenvalue weighted by atomic mass is 32.1. The Balaban J connectivity index is 1.47. The van der Waals surface area contributed by atoms with Crippen LogP contribution >= 0.6 is 11.3 Å². The van der Waals surface area contributed by atoms with Gasteiger partial charge in [0, 0.05) is 37.1 Å². The van der Waals surface area contributed by atoms with Crippen molar-refractivity contribution in [1.82, 2.24) is 14.7 Å². The summed E-state index contributed by atoms with van der Waals surface area (Å²) in [5.41, 5.74) is 1.46. The number of hydrogen-bond acceptors (Lipinski definition) is 4. The predicted octanol–water partition coefficient (Wildman–Crippen LogP) is 4.17. The first kappa shape index (κ1) is 18.6. The van der Waals surface area contributed by atoms with Crippen molar-refractivity contribution in [2.45, 2.75) is 25.3 Å². The second-order valence-corrected chi connectivity index (χ2v) is 8.08. The average molecular weight is 397 g/mol. The molecule has 0 N–H and O–H groups in total. The number of thiophene rings is 1. The first-order valence-electron chi connectivity index (χ1n) is 9.20. The van der Waals surface area contributed by atoms with Crippen molar-refractivity contribution in [2.24, 2.45) is 7.05 Å². The molecule has 28 heavy (non-hydrogen) atoms. The minimum absolute atomic E-state index is 0.0102. The van der Waals surface area contributed by atoms with Gasteiger partial charge in [-0.3, -0.25) is 14.3 Å². The maximum atomic E-state index is 13.1. The van der Waals surface area contributed by atoms with E-state index in [0.29, 0.717) is 23.4 Å². The third-order valence-electron chi connectivity index (χ3n) is 5.03. The van der Waals surface area contributed by atoms with Crippen LogP contribution in [0.1, 0.15) is 39.3 Å². The van der Waals surface area contributed by atoms with Crippen LogP contribution in [0.3, 0.4) is 0 Å². The summed E-state index contributed by atoms with van der Waals surface area (Å²) < 4.78 is 14.7. The van der Waals surface area contributed by atoms with Gasteiger partial charge in [-0.1, -0.05) is 12.1 Å². The quantitative estimate of drug-likeness (QED) is 0.608. The average Bonchev–Trinajstić information content (AvgIpc) is 3.42. The maximum absolute atomic E-state index is 13.1. The molecule has 1 aromatic carbocycles. The Morgan fingerprint density at radius 1 is 1.21 bits per heavy atom. The molecule has 1 amide bonds. The van der Waals surface area contributed by atoms with Crippen LogP contribution in [0.15, 0.2) is 48.8 Å². The van der Waals surface area contributed by atoms with Gasteiger partial charge in [0.2, 0.25) is 0 Å². The van der Waals surface area contributed by atoms with Crippen LogP contribution in [0, 0.1) is 5.82 Å². The Bertz CT molecular complexity index is 1010. The fourth-order valence-corrected chi connectivity index (χ4v) is 4.54. The lowest BCUT2D eigenvalue weighted by Gasteiger charge is -2.23. The summed E-state index contributed by atoms with van der Waals surface area (Å²) in [6.07, 6.45) is 5.31. The van der Waals surface area contributed by atoms with Gasteiger partial charge in [-0.05, 0) is 42.7 Å². The number of nitrogens with zero attached hydrogens (tertiary/aromatic N) is 3. The van der Waals surface area contributed by atoms with E-state index in [0.717, 1.165) is 23.3 Å². The minimum Gasteiger partial charge on any atom is -0.335 e. The van der Waals surface area contributed by atoms with Crippen molar-refractivity contribution in [3.05, 3.63) is 65.0 Å². The number of halogens is 1. The van der Waals surface area contributed by atoms with Crippen molar-refractivity contribution >= 4 is 23.0 Å². The molecule has 0 saturated carbocycles. The van der Waals surface area contributed by atoms with Crippen LogP contribution in [-0.2, 0) is 7.05 Å². The van der Waals surface area contributed by atoms with Crippen molar-refractivity contribution in [2.75, 3.05) is 6.54 Å². The topological polar surface area (TPSA) is 55.2 Å². The molecule has 1 aliphatic heterocycles. The van der Waals surface area contributed by atoms with E-state index in [1.165, 1.54) is 23.5 Å². The number of amides is 1. The summed E-state index contributed by atoms with van der Waals surface area (Å²) in [7, 11) is 1.78. The number of benzene rings is 1. The zero-order valence-corrected chi connectivity index (χ0v) is 16.3. The van der Waals surface area contributed by atoms with Crippen LogP contribution < -0.4 is 0 Å². The van der Waals surface area contributed by atoms with E-state index < -0.39 is 0 Å². The van der Waals surface area contributed by atoms with Crippen molar-refractivity contribution in [3.63, 3.8) is 0 Å². The number of ketones is 1. The third kappa shape index (κ3) is 3.75. The molecular formula is C21H20FN3O2S. The number of hydrogen-bond donors (Lipinski definition) is 0. The van der Waals surface area contributed by atoms with Crippen molar-refractivity contribution < 1.29 is 14.0 Å². The smallest absolute Gasteiger partial charge is 0.264 e. The first-order valence-corrected chi connectivity index (χ1v) is 10.0. The number of carbonyl (C=O) groups is 2. The highest BCUT2D eigenvalue weighted by molar-refractivity contribution is 7.17. The van der Waals surface area contributed by atoms with Gasteiger partial charge < -0.3 is 4.90 Å². The molecular weight excluding hydrogens is 377 g/mol. The van der Waals surface area contributed by atoms with Gasteiger partial charge in [0.05, 0.1) is 16.6 Å². The van der Waals surface area contributed by atoms with Crippen LogP contribution in [0.5, 0.6) is 0 Å². The zero-order valence-electron chi connectivity index (χ0n) is 15.5. The lowest BCUT2D eigenvalue weighted by molar-refractivity contribution is 0.0721. The number of Topliss-reactive ketones (excluding diaryl/α,β-unsaturated/α-hetero) is 1. The van der Waals surface area contributed by atoms with E-state index in [4.69, 9.17) is 0 Å². The molecule has 144 valence electrons. The Morgan fingerprint density at radius 3 is 2.71 bits per heavy atom. The molecule has 0 aliphatic carbocycles. The molecule has 0 unspecified atom stereocenters. The van der Waals surface area contributed by atoms with Gasteiger partial charge in [0.1, 0.15) is 5.82 Å². The van der Waals surface area contributed by atoms with Crippen LogP contribution in [0.2, 0.25) is 0 Å². The molecule has 0 spiro atoms. The summed E-state index contributed by atoms with van der Waals surface area (Å²) in [5, 5.41) is 4.04. The minimum atomic E-state index is -0.283. The zero-order chi connectivity index (χ0) is 19.7. The van der Waals surface area contributed by atoms with Crippen molar-refractivity contribution in [1.29, 1.82) is 0 Å². The summed E-state index contributed by atoms with van der Waals surface area (Å²) in [4.78, 5) is 28.9. The highest BCUT2D eigenvalue weighted by Gasteiger charge is 2.32. The van der Waals surface area contributed by atoms with Gasteiger partial charge in [0.25, 0.3) is 5.91 Å². The fourth-order valence-electron chi connectivity index (χ4n) is 3.58. The second-order valence-electron chi connectivity index (χ2n) is 7.00. The summed E-state index contributed by atoms with van der Waals surface area (Å²) in [6.45, 7) is 0.660. The Kier molecular flexibility index (Phi) is 5.09. The molecule has 1 atom stereocenters. The molecule has 4 rings (SSSR count). The van der Waals surface area contributed by atoms with E-state index in [9.17, 15) is 14.0 Å². The largest absolute Gasteiger partial charge is 0.335 e. The van der Waals surface area contributed by atoms with Crippen LogP contribution in [-0.4, -0.2) is 39.0 Å². The Hall–Kier alpha value is -2.80. The van der Waals surface area contributed by atoms with Gasteiger partial charge in [0.15, 0.2) is 5.78 Å². The number of rotatable bonds is 5. The van der Waals surface area contributed by atoms with E-state index >= 15 is 0 Å². The van der Waals surface area contributed by atoms with E-state index in [1.54, 1.807) is 36.3 Å². The predicted molar refractivity (Wildman–Crippen MR) is 106 cm³/mol. The molecule has 3 aromatic rings. The third-order valence-corrected chi connectivity index (χ3v) is 6.15. The molecule has 0 bridgehead atoms. The summed E-state index contributed by atoms with van der Waals surface area (Å²) in [6, 6.07) is 9.85. The van der Waals surface area contributed by atoms with Crippen LogP contribution in [0.4, 0.5) is 4.39 Å². The number of aromatic nitrogens is 2. The molecule has 1 fully saturated rings. The van der Waals surface area contributed by atoms with Crippen molar-refractivity contribution in [3.8, 4) is 10.4 Å². The maximum Gasteiger partial charge on any atom is 0.264 e. The summed E-state index contributed by atoms with van der Waals surface area (Å²) >= 11 is 1.40. The molecule has 1 saturated heterocycles. The van der Waals surface area contributed by atoms with Gasteiger partial charge in [-0.15, -0.1) is 11.3 Å². The van der Waals surface area contributed by atoms with Crippen LogP contribution in [0.25, 0.3) is 10.4 Å². The molecule has 1 aliphatic rings. The molecule has 0 radical (unpaired) electrons. The standard InChI is InChI=1S/C21H20FN3O2S/c1-24-13-15(12-23-24)18(26)11-17-3-2-10-25(17)21(27)20-9-8-19(28-20)14-4-6-16(22)7-5-14/h4-9,12-13,17H,2-3,10-11H2,1H3/t17-/m0/s1. The lowest BCUT2D eigenvalue weighted by atomic mass is 10.0. The van der Waals surface area contributed by atoms with E-state index in [2.05, 4.69) is 5.10 Å². The molecule has 5 nitrogen and oxygen atoms in total. The first-order chi connectivity index (χ1) is 13.5. The normalized spacial score (nSPS) is 16.5. The highest BCUT2D eigenvalue weighted by Crippen LogP contribution is 2.31. The Morgan fingerprint density at radius 2 is 2.00 bits per heavy atom. The second kappa shape index (κ2) is 7.67. The lowest BCUT2D eigenvalue weighted by Crippen LogP contribution is -2.36. The SMILES string of the molecule is Cn1cc(C(=O)C[C@@H]2CCCN2C(=O)c2ccc(-c3ccc(F)cc3)s2)cn1.